The highest BCUT2D eigenvalue weighted by atomic mass is 16.5. The summed E-state index contributed by atoms with van der Waals surface area (Å²) >= 11 is 0. The Bertz CT molecular complexity index is 944. The molecule has 2 unspecified atom stereocenters. The number of amides is 1. The molecule has 5 atom stereocenters. The Morgan fingerprint density at radius 1 is 1.10 bits per heavy atom. The number of ether oxygens (including phenoxy) is 1. The van der Waals surface area contributed by atoms with E-state index in [1.807, 2.05) is 54.6 Å². The largest absolute Gasteiger partial charge is 0.457 e. The van der Waals surface area contributed by atoms with E-state index in [0.29, 0.717) is 24.9 Å². The van der Waals surface area contributed by atoms with Crippen LogP contribution in [-0.2, 0) is 4.79 Å². The van der Waals surface area contributed by atoms with E-state index >= 15 is 0 Å². The van der Waals surface area contributed by atoms with Crippen LogP contribution in [0, 0.1) is 17.4 Å². The van der Waals surface area contributed by atoms with E-state index in [-0.39, 0.29) is 24.0 Å². The lowest BCUT2D eigenvalue weighted by Crippen LogP contribution is -2.48. The number of rotatable bonds is 5. The first kappa shape index (κ1) is 18.0. The molecular weight excluding hydrogens is 366 g/mol. The van der Waals surface area contributed by atoms with E-state index in [2.05, 4.69) is 22.4 Å². The number of carbonyl (C=O) groups excluding carboxylic acids is 1. The van der Waals surface area contributed by atoms with Crippen LogP contribution in [0.25, 0.3) is 0 Å². The second kappa shape index (κ2) is 7.39. The fourth-order valence-electron chi connectivity index (χ4n) is 4.43. The molecule has 5 rings (SSSR count). The SMILES string of the molecule is N#CN1C[C@H](NC(=O)C2CC(c3ccccc3Oc3ccccc3)NN2)[C@@H]2C[C@@H]21. The summed E-state index contributed by atoms with van der Waals surface area (Å²) < 4.78 is 6.06. The number of likely N-dealkylation sites (tertiary alicyclic amines) is 1. The van der Waals surface area contributed by atoms with E-state index in [9.17, 15) is 4.79 Å². The normalized spacial score (nSPS) is 29.8. The van der Waals surface area contributed by atoms with E-state index in [4.69, 9.17) is 10.00 Å². The summed E-state index contributed by atoms with van der Waals surface area (Å²) in [6, 6.07) is 17.6. The topological polar surface area (TPSA) is 89.4 Å². The standard InChI is InChI=1S/C22H23N5O2/c23-13-27-12-19(16-10-20(16)27)24-22(28)18-11-17(25-26-18)15-8-4-5-9-21(15)29-14-6-2-1-3-7-14/h1-9,16-20,25-26H,10-12H2,(H,24,28)/t16-,17?,18?,19-,20-/m0/s1. The molecule has 2 heterocycles. The third kappa shape index (κ3) is 3.53. The van der Waals surface area contributed by atoms with Gasteiger partial charge in [-0.15, -0.1) is 0 Å². The summed E-state index contributed by atoms with van der Waals surface area (Å²) in [6.07, 6.45) is 3.85. The molecule has 7 nitrogen and oxygen atoms in total. The highest BCUT2D eigenvalue weighted by Crippen LogP contribution is 2.44. The molecule has 1 saturated carbocycles. The Hall–Kier alpha value is -3.08. The number of para-hydroxylation sites is 2. The van der Waals surface area contributed by atoms with Crippen LogP contribution in [0.4, 0.5) is 0 Å². The molecule has 29 heavy (non-hydrogen) atoms. The van der Waals surface area contributed by atoms with Gasteiger partial charge in [-0.25, -0.2) is 10.9 Å². The molecule has 2 aliphatic heterocycles. The predicted molar refractivity (Wildman–Crippen MR) is 107 cm³/mol. The fraction of sp³-hybridized carbons (Fsp3) is 0.364. The van der Waals surface area contributed by atoms with Crippen LogP contribution >= 0.6 is 0 Å². The molecular formula is C22H23N5O2. The monoisotopic (exact) mass is 389 g/mol. The van der Waals surface area contributed by atoms with Gasteiger partial charge in [0.05, 0.1) is 12.1 Å². The first-order valence-electron chi connectivity index (χ1n) is 10.0. The Balaban J connectivity index is 1.23. The minimum Gasteiger partial charge on any atom is -0.457 e. The number of fused-ring (bicyclic) bond motifs is 1. The number of nitrogens with zero attached hydrogens (tertiary/aromatic N) is 2. The number of benzene rings is 2. The molecule has 3 aliphatic rings. The minimum atomic E-state index is -0.321. The molecule has 2 aromatic carbocycles. The van der Waals surface area contributed by atoms with Crippen molar-refractivity contribution in [2.24, 2.45) is 5.92 Å². The zero-order chi connectivity index (χ0) is 19.8. The van der Waals surface area contributed by atoms with Gasteiger partial charge in [0.25, 0.3) is 0 Å². The van der Waals surface area contributed by atoms with Gasteiger partial charge in [-0.2, -0.15) is 5.26 Å². The highest BCUT2D eigenvalue weighted by Gasteiger charge is 2.54. The van der Waals surface area contributed by atoms with Crippen LogP contribution < -0.4 is 20.9 Å². The van der Waals surface area contributed by atoms with Crippen LogP contribution in [0.1, 0.15) is 24.4 Å². The maximum atomic E-state index is 12.8. The summed E-state index contributed by atoms with van der Waals surface area (Å²) in [5, 5.41) is 12.3. The van der Waals surface area contributed by atoms with Gasteiger partial charge in [0.15, 0.2) is 6.19 Å². The molecule has 2 saturated heterocycles. The third-order valence-corrected chi connectivity index (χ3v) is 6.06. The van der Waals surface area contributed by atoms with Gasteiger partial charge in [-0.05, 0) is 31.0 Å². The number of nitrogens with one attached hydrogen (secondary N) is 3. The third-order valence-electron chi connectivity index (χ3n) is 6.06. The first-order chi connectivity index (χ1) is 14.2. The lowest BCUT2D eigenvalue weighted by Gasteiger charge is -2.19. The van der Waals surface area contributed by atoms with Gasteiger partial charge < -0.3 is 15.0 Å². The molecule has 7 heteroatoms. The number of nitriles is 1. The van der Waals surface area contributed by atoms with Gasteiger partial charge in [0.2, 0.25) is 5.91 Å². The number of hydrogen-bond acceptors (Lipinski definition) is 6. The van der Waals surface area contributed by atoms with E-state index in [1.54, 1.807) is 4.90 Å². The van der Waals surface area contributed by atoms with Gasteiger partial charge in [0, 0.05) is 24.1 Å². The quantitative estimate of drug-likeness (QED) is 0.679. The van der Waals surface area contributed by atoms with Crippen molar-refractivity contribution in [2.45, 2.75) is 37.0 Å². The Morgan fingerprint density at radius 2 is 1.90 bits per heavy atom. The van der Waals surface area contributed by atoms with Crippen LogP contribution in [0.2, 0.25) is 0 Å². The van der Waals surface area contributed by atoms with E-state index < -0.39 is 0 Å². The molecule has 3 fully saturated rings. The van der Waals surface area contributed by atoms with Gasteiger partial charge in [-0.1, -0.05) is 36.4 Å². The van der Waals surface area contributed by atoms with Crippen molar-refractivity contribution in [2.75, 3.05) is 6.54 Å². The Labute approximate surface area is 169 Å². The average molecular weight is 389 g/mol. The van der Waals surface area contributed by atoms with Gasteiger partial charge in [0.1, 0.15) is 17.5 Å². The molecule has 2 aromatic rings. The molecule has 1 aliphatic carbocycles. The number of piperidine rings is 1. The van der Waals surface area contributed by atoms with Crippen molar-refractivity contribution in [3.8, 4) is 17.7 Å². The van der Waals surface area contributed by atoms with Crippen LogP contribution in [0.5, 0.6) is 11.5 Å². The zero-order valence-corrected chi connectivity index (χ0v) is 15.9. The van der Waals surface area contributed by atoms with E-state index in [0.717, 1.165) is 23.5 Å². The highest BCUT2D eigenvalue weighted by molar-refractivity contribution is 5.82. The first-order valence-corrected chi connectivity index (χ1v) is 10.0. The zero-order valence-electron chi connectivity index (χ0n) is 15.9. The predicted octanol–water partition coefficient (Wildman–Crippen LogP) is 2.06. The van der Waals surface area contributed by atoms with E-state index in [1.165, 1.54) is 0 Å². The molecule has 0 radical (unpaired) electrons. The maximum absolute atomic E-state index is 12.8. The summed E-state index contributed by atoms with van der Waals surface area (Å²) in [5.41, 5.74) is 7.38. The second-order valence-corrected chi connectivity index (χ2v) is 7.92. The van der Waals surface area contributed by atoms with Gasteiger partial charge in [-0.3, -0.25) is 4.79 Å². The molecule has 0 aromatic heterocycles. The molecule has 0 spiro atoms. The van der Waals surface area contributed by atoms with Crippen LogP contribution in [-0.4, -0.2) is 35.5 Å². The molecule has 1 amide bonds. The summed E-state index contributed by atoms with van der Waals surface area (Å²) in [6.45, 7) is 0.620. The van der Waals surface area contributed by atoms with Crippen molar-refractivity contribution < 1.29 is 9.53 Å². The summed E-state index contributed by atoms with van der Waals surface area (Å²) in [4.78, 5) is 14.6. The second-order valence-electron chi connectivity index (χ2n) is 7.92. The Morgan fingerprint density at radius 3 is 2.69 bits per heavy atom. The average Bonchev–Trinajstić information content (AvgIpc) is 3.25. The lowest BCUT2D eigenvalue weighted by molar-refractivity contribution is -0.123. The van der Waals surface area contributed by atoms with Crippen molar-refractivity contribution in [3.05, 3.63) is 60.2 Å². The molecule has 148 valence electrons. The number of hydrazine groups is 1. The fourth-order valence-corrected chi connectivity index (χ4v) is 4.43. The van der Waals surface area contributed by atoms with Crippen LogP contribution in [0.15, 0.2) is 54.6 Å². The lowest BCUT2D eigenvalue weighted by atomic mass is 10.0. The molecule has 0 bridgehead atoms. The Kier molecular flexibility index (Phi) is 4.58. The molecule has 3 N–H and O–H groups in total. The number of carbonyl (C=O) groups is 1. The van der Waals surface area contributed by atoms with Crippen molar-refractivity contribution in [1.29, 1.82) is 5.26 Å². The summed E-state index contributed by atoms with van der Waals surface area (Å²) in [5.74, 6) is 1.96. The van der Waals surface area contributed by atoms with Crippen LogP contribution in [0.3, 0.4) is 0 Å². The minimum absolute atomic E-state index is 0.0168. The van der Waals surface area contributed by atoms with Crippen molar-refractivity contribution in [3.63, 3.8) is 0 Å². The van der Waals surface area contributed by atoms with Crippen molar-refractivity contribution >= 4 is 5.91 Å². The smallest absolute Gasteiger partial charge is 0.238 e. The van der Waals surface area contributed by atoms with Crippen molar-refractivity contribution in [1.82, 2.24) is 21.1 Å². The maximum Gasteiger partial charge on any atom is 0.238 e. The summed E-state index contributed by atoms with van der Waals surface area (Å²) in [7, 11) is 0. The number of hydrogen-bond donors (Lipinski definition) is 3. The van der Waals surface area contributed by atoms with Gasteiger partial charge >= 0.3 is 0 Å².